The summed E-state index contributed by atoms with van der Waals surface area (Å²) in [5.74, 6) is 0.135. The molecule has 0 amide bonds. The van der Waals surface area contributed by atoms with Gasteiger partial charge in [-0.25, -0.2) is 0 Å². The van der Waals surface area contributed by atoms with Gasteiger partial charge in [-0.15, -0.1) is 0 Å². The van der Waals surface area contributed by atoms with Crippen molar-refractivity contribution in [3.63, 3.8) is 0 Å². The summed E-state index contributed by atoms with van der Waals surface area (Å²) in [6, 6.07) is 0. The fourth-order valence-corrected chi connectivity index (χ4v) is 5.92. The highest BCUT2D eigenvalue weighted by atomic mass is 16.7. The van der Waals surface area contributed by atoms with E-state index in [2.05, 4.69) is 33.8 Å². The van der Waals surface area contributed by atoms with Gasteiger partial charge in [0.05, 0.1) is 13.2 Å². The molecular formula is C21H36O5. The molecule has 5 nitrogen and oxygen atoms in total. The van der Waals surface area contributed by atoms with Crippen LogP contribution in [0.5, 0.6) is 0 Å². The third kappa shape index (κ3) is 3.06. The van der Waals surface area contributed by atoms with E-state index in [4.69, 9.17) is 18.9 Å². The van der Waals surface area contributed by atoms with Crippen molar-refractivity contribution in [3.8, 4) is 0 Å². The number of aliphatic hydroxyl groups excluding tert-OH is 1. The van der Waals surface area contributed by atoms with Crippen molar-refractivity contribution in [1.29, 1.82) is 0 Å². The van der Waals surface area contributed by atoms with Crippen LogP contribution in [-0.4, -0.2) is 51.2 Å². The van der Waals surface area contributed by atoms with Gasteiger partial charge in [0.25, 0.3) is 0 Å². The summed E-state index contributed by atoms with van der Waals surface area (Å²) in [5, 5.41) is 10.4. The van der Waals surface area contributed by atoms with Crippen molar-refractivity contribution in [2.45, 2.75) is 52.7 Å². The summed E-state index contributed by atoms with van der Waals surface area (Å²) in [5.41, 5.74) is 1.46. The molecule has 0 unspecified atom stereocenters. The molecule has 0 aromatic rings. The largest absolute Gasteiger partial charge is 0.396 e. The smallest absolute Gasteiger partial charge is 0.171 e. The van der Waals surface area contributed by atoms with Gasteiger partial charge >= 0.3 is 0 Å². The van der Waals surface area contributed by atoms with E-state index in [0.717, 1.165) is 19.3 Å². The van der Waals surface area contributed by atoms with Gasteiger partial charge in [-0.05, 0) is 42.4 Å². The molecule has 1 saturated carbocycles. The summed E-state index contributed by atoms with van der Waals surface area (Å²) >= 11 is 0. The minimum Gasteiger partial charge on any atom is -0.396 e. The summed E-state index contributed by atoms with van der Waals surface area (Å²) < 4.78 is 22.9. The Morgan fingerprint density at radius 3 is 2.58 bits per heavy atom. The molecule has 1 heterocycles. The van der Waals surface area contributed by atoms with Crippen molar-refractivity contribution in [2.24, 2.45) is 28.6 Å². The second-order valence-electron chi connectivity index (χ2n) is 8.92. The maximum atomic E-state index is 10.4. The molecular weight excluding hydrogens is 332 g/mol. The lowest BCUT2D eigenvalue weighted by Crippen LogP contribution is -2.58. The molecule has 2 aliphatic carbocycles. The summed E-state index contributed by atoms with van der Waals surface area (Å²) in [4.78, 5) is 0. The number of methoxy groups -OCH3 is 1. The van der Waals surface area contributed by atoms with Crippen LogP contribution in [0, 0.1) is 28.6 Å². The van der Waals surface area contributed by atoms with E-state index in [-0.39, 0.29) is 29.3 Å². The average molecular weight is 369 g/mol. The Labute approximate surface area is 158 Å². The molecule has 0 radical (unpaired) electrons. The van der Waals surface area contributed by atoms with E-state index in [1.165, 1.54) is 5.57 Å². The van der Waals surface area contributed by atoms with Crippen LogP contribution in [0.4, 0.5) is 0 Å². The van der Waals surface area contributed by atoms with Crippen molar-refractivity contribution >= 4 is 0 Å². The molecule has 2 fully saturated rings. The van der Waals surface area contributed by atoms with Gasteiger partial charge < -0.3 is 24.1 Å². The van der Waals surface area contributed by atoms with Crippen LogP contribution >= 0.6 is 0 Å². The lowest BCUT2D eigenvalue weighted by molar-refractivity contribution is -0.264. The Bertz CT molecular complexity index is 522. The van der Waals surface area contributed by atoms with Gasteiger partial charge in [-0.1, -0.05) is 32.4 Å². The number of ether oxygens (including phenoxy) is 4. The monoisotopic (exact) mass is 368 g/mol. The summed E-state index contributed by atoms with van der Waals surface area (Å²) in [6.45, 7) is 11.6. The molecule has 150 valence electrons. The molecule has 4 atom stereocenters. The van der Waals surface area contributed by atoms with Crippen molar-refractivity contribution in [2.75, 3.05) is 40.3 Å². The highest BCUT2D eigenvalue weighted by Gasteiger charge is 2.65. The van der Waals surface area contributed by atoms with Crippen LogP contribution in [0.1, 0.15) is 47.0 Å². The third-order valence-corrected chi connectivity index (χ3v) is 7.57. The number of aliphatic hydroxyl groups is 1. The third-order valence-electron chi connectivity index (χ3n) is 7.57. The van der Waals surface area contributed by atoms with Crippen LogP contribution in [0.3, 0.4) is 0 Å². The van der Waals surface area contributed by atoms with Crippen molar-refractivity contribution < 1.29 is 24.1 Å². The predicted octanol–water partition coefficient (Wildman–Crippen LogP) is 3.37. The first-order valence-corrected chi connectivity index (χ1v) is 9.99. The summed E-state index contributed by atoms with van der Waals surface area (Å²) in [6.07, 6.45) is 5.32. The number of hydrogen-bond donors (Lipinski definition) is 1. The quantitative estimate of drug-likeness (QED) is 0.424. The number of fused-ring (bicyclic) bond motifs is 1. The predicted molar refractivity (Wildman–Crippen MR) is 99.5 cm³/mol. The van der Waals surface area contributed by atoms with Gasteiger partial charge in [-0.3, -0.25) is 0 Å². The first kappa shape index (κ1) is 20.3. The fourth-order valence-electron chi connectivity index (χ4n) is 5.92. The second-order valence-corrected chi connectivity index (χ2v) is 8.92. The SMILES string of the molecule is COCOCCC[C@@]12C=C(C)C(C)(C)[C@@H]1CC1(OCCO1)[C@H](C)[C@@H]2CO. The minimum atomic E-state index is -0.538. The van der Waals surface area contributed by atoms with Gasteiger partial charge in [0.1, 0.15) is 6.79 Å². The zero-order valence-electron chi connectivity index (χ0n) is 17.0. The number of allylic oxidation sites excluding steroid dienone is 2. The molecule has 0 bridgehead atoms. The van der Waals surface area contributed by atoms with Crippen LogP contribution in [0.2, 0.25) is 0 Å². The lowest BCUT2D eigenvalue weighted by Gasteiger charge is -2.57. The van der Waals surface area contributed by atoms with Gasteiger partial charge in [-0.2, -0.15) is 0 Å². The molecule has 1 saturated heterocycles. The topological polar surface area (TPSA) is 57.2 Å². The van der Waals surface area contributed by atoms with Crippen LogP contribution in [-0.2, 0) is 18.9 Å². The Morgan fingerprint density at radius 1 is 1.27 bits per heavy atom. The van der Waals surface area contributed by atoms with E-state index < -0.39 is 5.79 Å². The molecule has 0 aromatic carbocycles. The maximum absolute atomic E-state index is 10.4. The second kappa shape index (κ2) is 7.51. The van der Waals surface area contributed by atoms with Crippen molar-refractivity contribution in [1.82, 2.24) is 0 Å². The first-order valence-electron chi connectivity index (χ1n) is 9.99. The van der Waals surface area contributed by atoms with E-state index >= 15 is 0 Å². The maximum Gasteiger partial charge on any atom is 0.171 e. The zero-order chi connectivity index (χ0) is 19.0. The van der Waals surface area contributed by atoms with Crippen LogP contribution < -0.4 is 0 Å². The van der Waals surface area contributed by atoms with Gasteiger partial charge in [0.15, 0.2) is 5.79 Å². The van der Waals surface area contributed by atoms with E-state index in [9.17, 15) is 5.11 Å². The van der Waals surface area contributed by atoms with Gasteiger partial charge in [0, 0.05) is 32.7 Å². The molecule has 1 spiro atoms. The molecule has 1 aliphatic heterocycles. The van der Waals surface area contributed by atoms with E-state index in [1.807, 2.05) is 0 Å². The molecule has 1 N–H and O–H groups in total. The molecule has 3 aliphatic rings. The molecule has 3 rings (SSSR count). The van der Waals surface area contributed by atoms with Crippen LogP contribution in [0.15, 0.2) is 11.6 Å². The molecule has 26 heavy (non-hydrogen) atoms. The standard InChI is InChI=1S/C21H36O5/c1-15-11-20(7-6-8-24-14-23-5)17(13-22)16(2)21(25-9-10-26-21)12-18(20)19(15,3)4/h11,16-18,22H,6-10,12-14H2,1-5H3/t16-,17+,18+,20+/m1/s1. The Hall–Kier alpha value is -0.460. The minimum absolute atomic E-state index is 0.0290. The van der Waals surface area contributed by atoms with Crippen molar-refractivity contribution in [3.05, 3.63) is 11.6 Å². The first-order chi connectivity index (χ1) is 12.3. The molecule has 5 heteroatoms. The van der Waals surface area contributed by atoms with Gasteiger partial charge in [0.2, 0.25) is 0 Å². The average Bonchev–Trinajstić information content (AvgIpc) is 3.14. The Morgan fingerprint density at radius 2 is 1.96 bits per heavy atom. The summed E-state index contributed by atoms with van der Waals surface area (Å²) in [7, 11) is 1.64. The van der Waals surface area contributed by atoms with E-state index in [0.29, 0.717) is 32.5 Å². The highest BCUT2D eigenvalue weighted by Crippen LogP contribution is 2.67. The number of hydrogen-bond acceptors (Lipinski definition) is 5. The highest BCUT2D eigenvalue weighted by molar-refractivity contribution is 5.30. The number of rotatable bonds is 7. The normalized spacial score (nSPS) is 37.8. The Kier molecular flexibility index (Phi) is 5.86. The Balaban J connectivity index is 1.90. The van der Waals surface area contributed by atoms with Crippen LogP contribution in [0.25, 0.3) is 0 Å². The van der Waals surface area contributed by atoms with E-state index in [1.54, 1.807) is 7.11 Å². The lowest BCUT2D eigenvalue weighted by atomic mass is 9.51. The zero-order valence-corrected chi connectivity index (χ0v) is 17.0. The molecule has 0 aromatic heterocycles. The fraction of sp³-hybridized carbons (Fsp3) is 0.905.